The molecule has 10 nitrogen and oxygen atoms in total. The predicted octanol–water partition coefficient (Wildman–Crippen LogP) is 6.88. The highest BCUT2D eigenvalue weighted by atomic mass is 79.9. The number of halogens is 2. The topological polar surface area (TPSA) is 114 Å². The van der Waals surface area contributed by atoms with Crippen molar-refractivity contribution < 1.29 is 32.2 Å². The zero-order valence-corrected chi connectivity index (χ0v) is 31.7. The maximum absolute atomic E-state index is 14.8. The Balaban J connectivity index is 1.88. The summed E-state index contributed by atoms with van der Waals surface area (Å²) in [5.74, 6) is -0.311. The largest absolute Gasteiger partial charge is 0.495 e. The first-order valence-electron chi connectivity index (χ1n) is 15.9. The van der Waals surface area contributed by atoms with Crippen molar-refractivity contribution in [3.05, 3.63) is 112 Å². The van der Waals surface area contributed by atoms with Crippen LogP contribution < -0.4 is 23.8 Å². The maximum atomic E-state index is 14.8. The van der Waals surface area contributed by atoms with Gasteiger partial charge < -0.3 is 24.4 Å². The monoisotopic (exact) mass is 785 g/mol. The zero-order valence-electron chi connectivity index (χ0n) is 28.6. The summed E-state index contributed by atoms with van der Waals surface area (Å²) in [4.78, 5) is 30.1. The van der Waals surface area contributed by atoms with Gasteiger partial charge in [0.2, 0.25) is 11.8 Å². The molecule has 0 radical (unpaired) electrons. The van der Waals surface area contributed by atoms with Gasteiger partial charge in [-0.25, -0.2) is 8.42 Å². The fraction of sp³-hybridized carbons (Fsp3) is 0.297. The van der Waals surface area contributed by atoms with Crippen LogP contribution in [0.2, 0.25) is 5.02 Å². The van der Waals surface area contributed by atoms with Crippen molar-refractivity contribution >= 4 is 55.1 Å². The number of methoxy groups -OCH3 is 3. The van der Waals surface area contributed by atoms with Crippen LogP contribution in [-0.2, 0) is 32.6 Å². The average molecular weight is 787 g/mol. The average Bonchev–Trinajstić information content (AvgIpc) is 3.12. The Bertz CT molecular complexity index is 1880. The van der Waals surface area contributed by atoms with E-state index in [-0.39, 0.29) is 52.0 Å². The van der Waals surface area contributed by atoms with Crippen molar-refractivity contribution in [3.63, 3.8) is 0 Å². The Morgan fingerprint density at radius 1 is 0.840 bits per heavy atom. The van der Waals surface area contributed by atoms with E-state index in [0.29, 0.717) is 12.2 Å². The van der Waals surface area contributed by atoms with Crippen LogP contribution in [-0.4, -0.2) is 65.1 Å². The Morgan fingerprint density at radius 3 is 2.10 bits per heavy atom. The number of benzene rings is 4. The predicted molar refractivity (Wildman–Crippen MR) is 199 cm³/mol. The molecule has 0 aliphatic carbocycles. The molecule has 0 aliphatic rings. The molecule has 2 atom stereocenters. The van der Waals surface area contributed by atoms with Crippen molar-refractivity contribution in [3.8, 4) is 17.2 Å². The SMILES string of the molecule is CC[C@H](C)NC(=O)[C@H](Cc1ccccc1)N(Cc1ccc(Br)cc1)C(=O)CN(c1cc(Cl)ccc1OC)S(=O)(=O)c1ccc(OC)c(OC)c1. The Hall–Kier alpha value is -4.26. The highest BCUT2D eigenvalue weighted by Crippen LogP contribution is 2.37. The Labute approximate surface area is 307 Å². The molecule has 13 heteroatoms. The molecule has 4 aromatic rings. The van der Waals surface area contributed by atoms with E-state index < -0.39 is 28.5 Å². The molecular formula is C37H41BrClN3O7S. The van der Waals surface area contributed by atoms with E-state index >= 15 is 0 Å². The first kappa shape index (κ1) is 38.5. The van der Waals surface area contributed by atoms with Gasteiger partial charge in [-0.15, -0.1) is 0 Å². The molecule has 0 aliphatic heterocycles. The van der Waals surface area contributed by atoms with Crippen LogP contribution in [0.15, 0.2) is 100 Å². The Morgan fingerprint density at radius 2 is 1.48 bits per heavy atom. The van der Waals surface area contributed by atoms with Gasteiger partial charge in [0.05, 0.1) is 31.9 Å². The number of anilines is 1. The number of nitrogens with zero attached hydrogens (tertiary/aromatic N) is 2. The van der Waals surface area contributed by atoms with Crippen molar-refractivity contribution in [2.24, 2.45) is 0 Å². The smallest absolute Gasteiger partial charge is 0.265 e. The molecule has 0 saturated carbocycles. The summed E-state index contributed by atoms with van der Waals surface area (Å²) in [6.07, 6.45) is 0.866. The van der Waals surface area contributed by atoms with E-state index in [9.17, 15) is 18.0 Å². The van der Waals surface area contributed by atoms with Crippen LogP contribution in [0.4, 0.5) is 5.69 Å². The van der Waals surface area contributed by atoms with Crippen LogP contribution in [0.3, 0.4) is 0 Å². The van der Waals surface area contributed by atoms with Gasteiger partial charge in [-0.05, 0) is 66.9 Å². The summed E-state index contributed by atoms with van der Waals surface area (Å²) in [7, 11) is -0.260. The number of hydrogen-bond acceptors (Lipinski definition) is 7. The highest BCUT2D eigenvalue weighted by Gasteiger charge is 2.36. The molecule has 0 bridgehead atoms. The van der Waals surface area contributed by atoms with Crippen molar-refractivity contribution in [1.82, 2.24) is 10.2 Å². The fourth-order valence-electron chi connectivity index (χ4n) is 5.26. The molecule has 50 heavy (non-hydrogen) atoms. The summed E-state index contributed by atoms with van der Waals surface area (Å²) in [5.41, 5.74) is 1.61. The molecule has 0 spiro atoms. The summed E-state index contributed by atoms with van der Waals surface area (Å²) in [5, 5.41) is 3.26. The van der Waals surface area contributed by atoms with Gasteiger partial charge in [-0.1, -0.05) is 76.9 Å². The molecule has 0 saturated heterocycles. The highest BCUT2D eigenvalue weighted by molar-refractivity contribution is 9.10. The van der Waals surface area contributed by atoms with E-state index in [2.05, 4.69) is 21.2 Å². The van der Waals surface area contributed by atoms with Crippen molar-refractivity contribution in [2.45, 2.75) is 50.2 Å². The number of sulfonamides is 1. The Kier molecular flexibility index (Phi) is 13.6. The lowest BCUT2D eigenvalue weighted by Gasteiger charge is -2.34. The van der Waals surface area contributed by atoms with Gasteiger partial charge >= 0.3 is 0 Å². The van der Waals surface area contributed by atoms with Crippen LogP contribution in [0.1, 0.15) is 31.4 Å². The number of amides is 2. The number of carbonyl (C=O) groups is 2. The van der Waals surface area contributed by atoms with E-state index in [1.165, 1.54) is 56.6 Å². The van der Waals surface area contributed by atoms with Gasteiger partial charge in [0.25, 0.3) is 10.0 Å². The van der Waals surface area contributed by atoms with Gasteiger partial charge in [0, 0.05) is 34.6 Å². The molecule has 266 valence electrons. The van der Waals surface area contributed by atoms with E-state index in [0.717, 1.165) is 19.9 Å². The third-order valence-corrected chi connectivity index (χ3v) is 10.7. The quantitative estimate of drug-likeness (QED) is 0.132. The number of hydrogen-bond donors (Lipinski definition) is 1. The van der Waals surface area contributed by atoms with Gasteiger partial charge in [0.1, 0.15) is 18.3 Å². The third-order valence-electron chi connectivity index (χ3n) is 8.17. The molecule has 1 N–H and O–H groups in total. The maximum Gasteiger partial charge on any atom is 0.265 e. The van der Waals surface area contributed by atoms with Crippen LogP contribution in [0, 0.1) is 0 Å². The second-order valence-corrected chi connectivity index (χ2v) is 14.7. The van der Waals surface area contributed by atoms with Crippen LogP contribution >= 0.6 is 27.5 Å². The zero-order chi connectivity index (χ0) is 36.4. The number of ether oxygens (including phenoxy) is 3. The normalized spacial score (nSPS) is 12.4. The first-order valence-corrected chi connectivity index (χ1v) is 18.5. The van der Waals surface area contributed by atoms with Crippen molar-refractivity contribution in [2.75, 3.05) is 32.2 Å². The molecule has 0 aromatic heterocycles. The van der Waals surface area contributed by atoms with E-state index in [1.54, 1.807) is 6.07 Å². The molecular weight excluding hydrogens is 746 g/mol. The second kappa shape index (κ2) is 17.6. The summed E-state index contributed by atoms with van der Waals surface area (Å²) >= 11 is 9.85. The lowest BCUT2D eigenvalue weighted by atomic mass is 10.0. The number of rotatable bonds is 16. The summed E-state index contributed by atoms with van der Waals surface area (Å²) in [6, 6.07) is 24.2. The third kappa shape index (κ3) is 9.49. The van der Waals surface area contributed by atoms with Gasteiger partial charge in [-0.2, -0.15) is 0 Å². The van der Waals surface area contributed by atoms with Gasteiger partial charge in [-0.3, -0.25) is 13.9 Å². The molecule has 2 amide bonds. The lowest BCUT2D eigenvalue weighted by Crippen LogP contribution is -2.54. The van der Waals surface area contributed by atoms with Crippen LogP contribution in [0.25, 0.3) is 0 Å². The molecule has 0 heterocycles. The minimum Gasteiger partial charge on any atom is -0.495 e. The summed E-state index contributed by atoms with van der Waals surface area (Å²) < 4.78 is 47.2. The minimum atomic E-state index is -4.49. The van der Waals surface area contributed by atoms with E-state index in [4.69, 9.17) is 25.8 Å². The molecule has 4 rings (SSSR count). The first-order chi connectivity index (χ1) is 23.9. The number of carbonyl (C=O) groups excluding carboxylic acids is 2. The molecule has 0 fully saturated rings. The van der Waals surface area contributed by atoms with Gasteiger partial charge in [0.15, 0.2) is 11.5 Å². The molecule has 4 aromatic carbocycles. The summed E-state index contributed by atoms with van der Waals surface area (Å²) in [6.45, 7) is 3.18. The second-order valence-electron chi connectivity index (χ2n) is 11.5. The fourth-order valence-corrected chi connectivity index (χ4v) is 7.12. The number of nitrogens with one attached hydrogen (secondary N) is 1. The van der Waals surface area contributed by atoms with Crippen molar-refractivity contribution in [1.29, 1.82) is 0 Å². The molecule has 0 unspecified atom stereocenters. The minimum absolute atomic E-state index is 0.0223. The standard InChI is InChI=1S/C37H41BrClN3O7S/c1-6-25(2)40-37(44)32(20-26-10-8-7-9-11-26)41(23-27-12-14-28(38)15-13-27)36(43)24-42(31-21-29(39)16-18-33(31)47-3)50(45,46)30-17-19-34(48-4)35(22-30)49-5/h7-19,21-22,25,32H,6,20,23-24H2,1-5H3,(H,40,44)/t25-,32-/m0/s1. The lowest BCUT2D eigenvalue weighted by molar-refractivity contribution is -0.140. The van der Waals surface area contributed by atoms with Crippen LogP contribution in [0.5, 0.6) is 17.2 Å². The van der Waals surface area contributed by atoms with E-state index in [1.807, 2.05) is 68.4 Å².